The number of hydrogen-bond acceptors (Lipinski definition) is 4. The lowest BCUT2D eigenvalue weighted by Crippen LogP contribution is -2.54. The first kappa shape index (κ1) is 14.2. The van der Waals surface area contributed by atoms with E-state index >= 15 is 0 Å². The van der Waals surface area contributed by atoms with Gasteiger partial charge in [0.2, 0.25) is 0 Å². The normalized spacial score (nSPS) is 12.1. The van der Waals surface area contributed by atoms with Gasteiger partial charge < -0.3 is 15.9 Å². The van der Waals surface area contributed by atoms with Gasteiger partial charge in [-0.1, -0.05) is 6.92 Å². The summed E-state index contributed by atoms with van der Waals surface area (Å²) in [5.74, 6) is -2.59. The highest BCUT2D eigenvalue weighted by Gasteiger charge is 2.28. The minimum atomic E-state index is -1.33. The molecule has 0 aliphatic heterocycles. The molecule has 0 aliphatic carbocycles. The standard InChI is InChI=1S/C8H15N3O5/c1-2-3-11(10-8(9)16)5(7(14)15)4-6(12)13/h5H,2-4H2,1H3,(H,12,13)(H,14,15)(H3,9,10,16). The average molecular weight is 233 g/mol. The third-order valence-corrected chi connectivity index (χ3v) is 1.75. The van der Waals surface area contributed by atoms with Crippen LogP contribution in [0.25, 0.3) is 0 Å². The zero-order valence-electron chi connectivity index (χ0n) is 8.84. The summed E-state index contributed by atoms with van der Waals surface area (Å²) in [4.78, 5) is 31.9. The maximum Gasteiger partial charge on any atom is 0.326 e. The molecule has 1 atom stereocenters. The molecule has 16 heavy (non-hydrogen) atoms. The van der Waals surface area contributed by atoms with Crippen LogP contribution in [-0.2, 0) is 9.59 Å². The van der Waals surface area contributed by atoms with E-state index in [1.807, 2.05) is 0 Å². The Labute approximate surface area is 92.0 Å². The molecule has 0 aromatic carbocycles. The van der Waals surface area contributed by atoms with Crippen molar-refractivity contribution in [2.45, 2.75) is 25.8 Å². The van der Waals surface area contributed by atoms with E-state index in [1.165, 1.54) is 0 Å². The van der Waals surface area contributed by atoms with Crippen LogP contribution in [0.2, 0.25) is 0 Å². The van der Waals surface area contributed by atoms with Crippen molar-refractivity contribution in [3.8, 4) is 0 Å². The van der Waals surface area contributed by atoms with Crippen LogP contribution in [-0.4, -0.2) is 45.8 Å². The highest BCUT2D eigenvalue weighted by atomic mass is 16.4. The Bertz CT molecular complexity index is 281. The number of amides is 2. The molecule has 0 rings (SSSR count). The smallest absolute Gasteiger partial charge is 0.326 e. The van der Waals surface area contributed by atoms with Crippen LogP contribution in [0, 0.1) is 0 Å². The van der Waals surface area contributed by atoms with Gasteiger partial charge in [-0.25, -0.2) is 9.80 Å². The fraction of sp³-hybridized carbons (Fsp3) is 0.625. The number of carboxylic acid groups (broad SMARTS) is 2. The fourth-order valence-electron chi connectivity index (χ4n) is 1.17. The molecule has 0 radical (unpaired) electrons. The number of aliphatic carboxylic acids is 2. The van der Waals surface area contributed by atoms with Gasteiger partial charge in [-0.3, -0.25) is 15.0 Å². The van der Waals surface area contributed by atoms with Gasteiger partial charge in [-0.05, 0) is 6.42 Å². The molecule has 0 bridgehead atoms. The van der Waals surface area contributed by atoms with Gasteiger partial charge >= 0.3 is 18.0 Å². The predicted octanol–water partition coefficient (Wildman–Crippen LogP) is -0.790. The minimum absolute atomic E-state index is 0.202. The molecule has 0 fully saturated rings. The molecule has 0 aromatic heterocycles. The van der Waals surface area contributed by atoms with Gasteiger partial charge in [0.1, 0.15) is 6.04 Å². The van der Waals surface area contributed by atoms with E-state index in [0.29, 0.717) is 6.42 Å². The lowest BCUT2D eigenvalue weighted by Gasteiger charge is -2.26. The summed E-state index contributed by atoms with van der Waals surface area (Å²) in [6.45, 7) is 1.96. The van der Waals surface area contributed by atoms with Crippen molar-refractivity contribution in [2.75, 3.05) is 6.54 Å². The third-order valence-electron chi connectivity index (χ3n) is 1.75. The topological polar surface area (TPSA) is 133 Å². The SMILES string of the molecule is CCCN(NC(N)=O)C(CC(=O)O)C(=O)O. The van der Waals surface area contributed by atoms with Crippen LogP contribution in [0.15, 0.2) is 0 Å². The number of primary amides is 1. The summed E-state index contributed by atoms with van der Waals surface area (Å²) in [6, 6.07) is -2.25. The van der Waals surface area contributed by atoms with E-state index in [9.17, 15) is 14.4 Å². The largest absolute Gasteiger partial charge is 0.481 e. The number of carboxylic acids is 2. The van der Waals surface area contributed by atoms with Crippen LogP contribution in [0.5, 0.6) is 0 Å². The lowest BCUT2D eigenvalue weighted by molar-refractivity contribution is -0.150. The number of hydrazine groups is 1. The first-order chi connectivity index (χ1) is 7.38. The van der Waals surface area contributed by atoms with Crippen molar-refractivity contribution in [3.63, 3.8) is 0 Å². The van der Waals surface area contributed by atoms with Crippen LogP contribution >= 0.6 is 0 Å². The van der Waals surface area contributed by atoms with Crippen molar-refractivity contribution in [3.05, 3.63) is 0 Å². The Morgan fingerprint density at radius 1 is 1.38 bits per heavy atom. The first-order valence-corrected chi connectivity index (χ1v) is 4.65. The molecule has 0 saturated heterocycles. The van der Waals surface area contributed by atoms with E-state index in [4.69, 9.17) is 15.9 Å². The van der Waals surface area contributed by atoms with Crippen molar-refractivity contribution >= 4 is 18.0 Å². The van der Waals surface area contributed by atoms with E-state index in [0.717, 1.165) is 5.01 Å². The van der Waals surface area contributed by atoms with Gasteiger partial charge in [-0.2, -0.15) is 0 Å². The van der Waals surface area contributed by atoms with Crippen LogP contribution in [0.4, 0.5) is 4.79 Å². The number of carbonyl (C=O) groups excluding carboxylic acids is 1. The zero-order chi connectivity index (χ0) is 12.7. The molecule has 0 heterocycles. The summed E-state index contributed by atoms with van der Waals surface area (Å²) >= 11 is 0. The maximum absolute atomic E-state index is 10.8. The number of rotatable bonds is 7. The molecule has 8 heteroatoms. The summed E-state index contributed by atoms with van der Waals surface area (Å²) < 4.78 is 0. The van der Waals surface area contributed by atoms with E-state index in [1.54, 1.807) is 6.92 Å². The molecule has 0 saturated carbocycles. The van der Waals surface area contributed by atoms with Gasteiger partial charge in [-0.15, -0.1) is 0 Å². The molecule has 0 aliphatic rings. The van der Waals surface area contributed by atoms with Crippen molar-refractivity contribution in [1.29, 1.82) is 0 Å². The minimum Gasteiger partial charge on any atom is -0.481 e. The molecule has 5 N–H and O–H groups in total. The van der Waals surface area contributed by atoms with E-state index in [2.05, 4.69) is 5.43 Å². The number of nitrogens with zero attached hydrogens (tertiary/aromatic N) is 1. The average Bonchev–Trinajstić information content (AvgIpc) is 2.12. The van der Waals surface area contributed by atoms with Gasteiger partial charge in [0, 0.05) is 6.54 Å². The molecular formula is C8H15N3O5. The number of nitrogens with two attached hydrogens (primary N) is 1. The van der Waals surface area contributed by atoms with Gasteiger partial charge in [0.05, 0.1) is 6.42 Å². The summed E-state index contributed by atoms with van der Waals surface area (Å²) in [5.41, 5.74) is 6.96. The second kappa shape index (κ2) is 6.62. The molecule has 2 amide bonds. The molecule has 92 valence electrons. The molecule has 8 nitrogen and oxygen atoms in total. The van der Waals surface area contributed by atoms with Crippen LogP contribution < -0.4 is 11.2 Å². The molecular weight excluding hydrogens is 218 g/mol. The number of nitrogens with one attached hydrogen (secondary N) is 1. The van der Waals surface area contributed by atoms with Gasteiger partial charge in [0.15, 0.2) is 0 Å². The second-order valence-corrected chi connectivity index (χ2v) is 3.12. The highest BCUT2D eigenvalue weighted by molar-refractivity contribution is 5.81. The number of hydrogen-bond donors (Lipinski definition) is 4. The zero-order valence-corrected chi connectivity index (χ0v) is 8.84. The Hall–Kier alpha value is -1.83. The molecule has 0 aromatic rings. The Morgan fingerprint density at radius 2 is 1.94 bits per heavy atom. The Balaban J connectivity index is 4.70. The first-order valence-electron chi connectivity index (χ1n) is 4.65. The lowest BCUT2D eigenvalue weighted by atomic mass is 10.2. The van der Waals surface area contributed by atoms with Crippen molar-refractivity contribution < 1.29 is 24.6 Å². The van der Waals surface area contributed by atoms with Crippen LogP contribution in [0.3, 0.4) is 0 Å². The molecule has 1 unspecified atom stereocenters. The number of carbonyl (C=O) groups is 3. The van der Waals surface area contributed by atoms with E-state index in [-0.39, 0.29) is 6.54 Å². The quantitative estimate of drug-likeness (QED) is 0.426. The maximum atomic E-state index is 10.8. The van der Waals surface area contributed by atoms with Crippen molar-refractivity contribution in [2.24, 2.45) is 5.73 Å². The highest BCUT2D eigenvalue weighted by Crippen LogP contribution is 2.03. The monoisotopic (exact) mass is 233 g/mol. The fourth-order valence-corrected chi connectivity index (χ4v) is 1.17. The number of urea groups is 1. The molecule has 0 spiro atoms. The van der Waals surface area contributed by atoms with Crippen LogP contribution in [0.1, 0.15) is 19.8 Å². The third kappa shape index (κ3) is 5.15. The Morgan fingerprint density at radius 3 is 2.25 bits per heavy atom. The summed E-state index contributed by atoms with van der Waals surface area (Å²) in [7, 11) is 0. The predicted molar refractivity (Wildman–Crippen MR) is 53.4 cm³/mol. The summed E-state index contributed by atoms with van der Waals surface area (Å²) in [6.07, 6.45) is -0.0701. The van der Waals surface area contributed by atoms with Crippen molar-refractivity contribution in [1.82, 2.24) is 10.4 Å². The second-order valence-electron chi connectivity index (χ2n) is 3.12. The Kier molecular flexibility index (Phi) is 5.86. The van der Waals surface area contributed by atoms with Gasteiger partial charge in [0.25, 0.3) is 0 Å². The van der Waals surface area contributed by atoms with E-state index < -0.39 is 30.4 Å². The summed E-state index contributed by atoms with van der Waals surface area (Å²) in [5, 5.41) is 18.4.